The molecule has 0 aromatic carbocycles. The van der Waals surface area contributed by atoms with Crippen molar-refractivity contribution >= 4 is 7.85 Å². The molecule has 0 aliphatic carbocycles. The molecule has 0 bridgehead atoms. The minimum Gasteiger partial charge on any atom is -0.326 e. The zero-order valence-electron chi connectivity index (χ0n) is 3.65. The maximum Gasteiger partial charge on any atom is 0.0902 e. The lowest BCUT2D eigenvalue weighted by Crippen LogP contribution is -2.20. The highest BCUT2D eigenvalue weighted by Gasteiger charge is 1.77. The van der Waals surface area contributed by atoms with Gasteiger partial charge in [0.15, 0.2) is 0 Å². The van der Waals surface area contributed by atoms with Crippen LogP contribution in [-0.2, 0) is 0 Å². The van der Waals surface area contributed by atoms with Crippen LogP contribution in [0.15, 0.2) is 0 Å². The van der Waals surface area contributed by atoms with Gasteiger partial charge in [-0.25, -0.2) is 0 Å². The summed E-state index contributed by atoms with van der Waals surface area (Å²) in [5.41, 5.74) is 0. The standard InChI is InChI=1S/C3H8BN/c1-3(4)5-2/h3,5H,1-2H3. The van der Waals surface area contributed by atoms with Gasteiger partial charge in [-0.1, -0.05) is 6.92 Å². The lowest BCUT2D eigenvalue weighted by atomic mass is 10.00. The Balaban J connectivity index is 2.54. The van der Waals surface area contributed by atoms with E-state index < -0.39 is 0 Å². The lowest BCUT2D eigenvalue weighted by molar-refractivity contribution is 0.794. The van der Waals surface area contributed by atoms with Gasteiger partial charge in [-0.05, 0) is 13.0 Å². The van der Waals surface area contributed by atoms with Crippen LogP contribution in [0.1, 0.15) is 6.92 Å². The smallest absolute Gasteiger partial charge is 0.0902 e. The van der Waals surface area contributed by atoms with Crippen LogP contribution < -0.4 is 5.32 Å². The molecule has 0 heterocycles. The quantitative estimate of drug-likeness (QED) is 0.417. The zero-order chi connectivity index (χ0) is 4.28. The Hall–Kier alpha value is 0.0249. The van der Waals surface area contributed by atoms with Crippen LogP contribution in [0.3, 0.4) is 0 Å². The van der Waals surface area contributed by atoms with E-state index in [1.807, 2.05) is 14.0 Å². The van der Waals surface area contributed by atoms with Gasteiger partial charge in [-0.15, -0.1) is 0 Å². The molecule has 0 rings (SSSR count). The zero-order valence-corrected chi connectivity index (χ0v) is 3.65. The van der Waals surface area contributed by atoms with Crippen LogP contribution in [-0.4, -0.2) is 20.8 Å². The third kappa shape index (κ3) is 4.02. The Labute approximate surface area is 34.2 Å². The summed E-state index contributed by atoms with van der Waals surface area (Å²) in [7, 11) is 7.00. The highest BCUT2D eigenvalue weighted by molar-refractivity contribution is 6.11. The fraction of sp³-hybridized carbons (Fsp3) is 1.00. The van der Waals surface area contributed by atoms with Gasteiger partial charge in [-0.2, -0.15) is 0 Å². The predicted octanol–water partition coefficient (Wildman–Crippen LogP) is -0.280. The number of hydrogen-bond acceptors (Lipinski definition) is 1. The van der Waals surface area contributed by atoms with Crippen molar-refractivity contribution in [3.05, 3.63) is 0 Å². The largest absolute Gasteiger partial charge is 0.326 e. The topological polar surface area (TPSA) is 12.0 Å². The maximum absolute atomic E-state index is 5.18. The molecule has 0 spiro atoms. The summed E-state index contributed by atoms with van der Waals surface area (Å²) < 4.78 is 0. The van der Waals surface area contributed by atoms with Crippen LogP contribution in [0.5, 0.6) is 0 Å². The number of nitrogens with one attached hydrogen (secondary N) is 1. The fourth-order valence-corrected chi connectivity index (χ4v) is 0. The summed E-state index contributed by atoms with van der Waals surface area (Å²) in [6, 6.07) is 0. The minimum absolute atomic E-state index is 0.134. The van der Waals surface area contributed by atoms with Gasteiger partial charge in [0.05, 0.1) is 7.85 Å². The molecule has 0 saturated heterocycles. The number of rotatable bonds is 1. The van der Waals surface area contributed by atoms with Gasteiger partial charge >= 0.3 is 0 Å². The first-order valence-electron chi connectivity index (χ1n) is 1.70. The lowest BCUT2D eigenvalue weighted by Gasteiger charge is -1.95. The first-order chi connectivity index (χ1) is 2.27. The van der Waals surface area contributed by atoms with Crippen molar-refractivity contribution in [1.82, 2.24) is 5.32 Å². The molecule has 0 saturated carbocycles. The van der Waals surface area contributed by atoms with Crippen LogP contribution in [0, 0.1) is 0 Å². The van der Waals surface area contributed by atoms with E-state index in [1.165, 1.54) is 0 Å². The Morgan fingerprint density at radius 2 is 2.00 bits per heavy atom. The molecule has 0 aliphatic heterocycles. The summed E-state index contributed by atoms with van der Waals surface area (Å²) in [6.45, 7) is 1.89. The maximum atomic E-state index is 5.18. The Morgan fingerprint density at radius 3 is 2.00 bits per heavy atom. The fourth-order valence-electron chi connectivity index (χ4n) is 0. The third-order valence-corrected chi connectivity index (χ3v) is 0.455. The Morgan fingerprint density at radius 1 is 1.80 bits per heavy atom. The normalized spacial score (nSPS) is 14.8. The molecule has 2 heteroatoms. The molecule has 5 heavy (non-hydrogen) atoms. The summed E-state index contributed by atoms with van der Waals surface area (Å²) in [4.78, 5) is 0. The van der Waals surface area contributed by atoms with E-state index in [0.717, 1.165) is 0 Å². The van der Waals surface area contributed by atoms with Gasteiger partial charge in [0.25, 0.3) is 0 Å². The van der Waals surface area contributed by atoms with E-state index in [9.17, 15) is 0 Å². The van der Waals surface area contributed by atoms with E-state index in [2.05, 4.69) is 5.32 Å². The van der Waals surface area contributed by atoms with E-state index in [1.54, 1.807) is 0 Å². The molecule has 0 aromatic heterocycles. The third-order valence-electron chi connectivity index (χ3n) is 0.455. The Kier molecular flexibility index (Phi) is 2.28. The van der Waals surface area contributed by atoms with Gasteiger partial charge in [0, 0.05) is 0 Å². The van der Waals surface area contributed by atoms with Crippen LogP contribution in [0.2, 0.25) is 0 Å². The van der Waals surface area contributed by atoms with Crippen LogP contribution in [0.25, 0.3) is 0 Å². The van der Waals surface area contributed by atoms with Crippen molar-refractivity contribution in [3.63, 3.8) is 0 Å². The molecular weight excluding hydrogens is 60.9 g/mol. The second-order valence-electron chi connectivity index (χ2n) is 1.08. The molecule has 1 atom stereocenters. The van der Waals surface area contributed by atoms with E-state index in [0.29, 0.717) is 0 Å². The van der Waals surface area contributed by atoms with E-state index in [4.69, 9.17) is 7.85 Å². The molecule has 1 nitrogen and oxygen atoms in total. The molecule has 2 radical (unpaired) electrons. The predicted molar refractivity (Wildman–Crippen MR) is 24.3 cm³/mol. The molecule has 0 fully saturated rings. The SMILES string of the molecule is [B]C(C)NC. The molecule has 1 N–H and O–H groups in total. The van der Waals surface area contributed by atoms with E-state index in [-0.39, 0.29) is 5.94 Å². The van der Waals surface area contributed by atoms with Crippen LogP contribution >= 0.6 is 0 Å². The summed E-state index contributed by atoms with van der Waals surface area (Å²) in [6.07, 6.45) is 0. The highest BCUT2D eigenvalue weighted by Crippen LogP contribution is 1.58. The average Bonchev–Trinajstić information content (AvgIpc) is 1.38. The summed E-state index contributed by atoms with van der Waals surface area (Å²) >= 11 is 0. The van der Waals surface area contributed by atoms with Crippen molar-refractivity contribution in [1.29, 1.82) is 0 Å². The van der Waals surface area contributed by atoms with Gasteiger partial charge in [-0.3, -0.25) is 0 Å². The molecule has 0 amide bonds. The molecule has 0 aliphatic rings. The molecule has 0 aromatic rings. The second-order valence-corrected chi connectivity index (χ2v) is 1.08. The van der Waals surface area contributed by atoms with Crippen molar-refractivity contribution < 1.29 is 0 Å². The monoisotopic (exact) mass is 69.1 g/mol. The molecule has 1 unspecified atom stereocenters. The van der Waals surface area contributed by atoms with Gasteiger partial charge < -0.3 is 5.32 Å². The second kappa shape index (κ2) is 2.27. The van der Waals surface area contributed by atoms with Crippen LogP contribution in [0.4, 0.5) is 0 Å². The van der Waals surface area contributed by atoms with Gasteiger partial charge in [0.2, 0.25) is 0 Å². The summed E-state index contributed by atoms with van der Waals surface area (Å²) in [5, 5.41) is 2.81. The summed E-state index contributed by atoms with van der Waals surface area (Å²) in [5.74, 6) is 0.134. The van der Waals surface area contributed by atoms with Crippen molar-refractivity contribution in [2.45, 2.75) is 12.9 Å². The molecular formula is C3H8BN. The van der Waals surface area contributed by atoms with Crippen molar-refractivity contribution in [3.8, 4) is 0 Å². The van der Waals surface area contributed by atoms with Gasteiger partial charge in [0.1, 0.15) is 0 Å². The first kappa shape index (κ1) is 5.02. The van der Waals surface area contributed by atoms with E-state index >= 15 is 0 Å². The average molecular weight is 68.9 g/mol. The first-order valence-corrected chi connectivity index (χ1v) is 1.70. The Bertz CT molecular complexity index is 20.9. The number of hydrogen-bond donors (Lipinski definition) is 1. The van der Waals surface area contributed by atoms with Crippen molar-refractivity contribution in [2.75, 3.05) is 7.05 Å². The van der Waals surface area contributed by atoms with Crippen molar-refractivity contribution in [2.24, 2.45) is 0 Å². The highest BCUT2D eigenvalue weighted by atomic mass is 14.8. The minimum atomic E-state index is 0.134. The molecule has 28 valence electrons.